The first kappa shape index (κ1) is 14.0. The van der Waals surface area contributed by atoms with Crippen LogP contribution in [-0.4, -0.2) is 30.6 Å². The Labute approximate surface area is 108 Å². The molecular formula is C12H22N4S. The van der Waals surface area contributed by atoms with Crippen molar-refractivity contribution in [2.24, 2.45) is 4.99 Å². The number of nitrogens with one attached hydrogen (secondary N) is 2. The molecule has 1 aromatic heterocycles. The van der Waals surface area contributed by atoms with Crippen LogP contribution >= 0.6 is 11.3 Å². The molecule has 0 aromatic carbocycles. The molecule has 2 N–H and O–H groups in total. The third-order valence-corrected chi connectivity index (χ3v) is 3.42. The Hall–Kier alpha value is -1.10. The number of guanidine groups is 1. The van der Waals surface area contributed by atoms with Gasteiger partial charge in [0.25, 0.3) is 0 Å². The molecule has 0 radical (unpaired) electrons. The van der Waals surface area contributed by atoms with Crippen LogP contribution in [0.4, 0.5) is 0 Å². The lowest BCUT2D eigenvalue weighted by Gasteiger charge is -2.10. The first-order valence-electron chi connectivity index (χ1n) is 6.11. The van der Waals surface area contributed by atoms with E-state index in [0.717, 1.165) is 25.6 Å². The summed E-state index contributed by atoms with van der Waals surface area (Å²) in [6, 6.07) is 0. The summed E-state index contributed by atoms with van der Waals surface area (Å²) in [6.07, 6.45) is 1.93. The van der Waals surface area contributed by atoms with E-state index in [4.69, 9.17) is 0 Å². The molecule has 1 atom stereocenters. The van der Waals surface area contributed by atoms with Gasteiger partial charge in [0.05, 0.1) is 11.6 Å². The molecule has 1 aromatic rings. The van der Waals surface area contributed by atoms with Crippen LogP contribution in [0.3, 0.4) is 0 Å². The first-order chi connectivity index (χ1) is 8.17. The van der Waals surface area contributed by atoms with Crippen LogP contribution in [0.2, 0.25) is 0 Å². The zero-order valence-electron chi connectivity index (χ0n) is 11.1. The third-order valence-electron chi connectivity index (χ3n) is 2.27. The highest BCUT2D eigenvalue weighted by atomic mass is 32.1. The predicted octanol–water partition coefficient (Wildman–Crippen LogP) is 2.13. The van der Waals surface area contributed by atoms with Gasteiger partial charge in [-0.3, -0.25) is 4.99 Å². The van der Waals surface area contributed by atoms with Crippen LogP contribution in [0.25, 0.3) is 0 Å². The maximum atomic E-state index is 4.55. The van der Waals surface area contributed by atoms with Gasteiger partial charge in [0, 0.05) is 30.1 Å². The van der Waals surface area contributed by atoms with Crippen molar-refractivity contribution in [3.8, 4) is 0 Å². The molecule has 0 aliphatic carbocycles. The second-order valence-corrected chi connectivity index (χ2v) is 5.23. The van der Waals surface area contributed by atoms with E-state index in [1.807, 2.05) is 6.20 Å². The Morgan fingerprint density at radius 3 is 2.53 bits per heavy atom. The van der Waals surface area contributed by atoms with Crippen molar-refractivity contribution >= 4 is 17.3 Å². The zero-order valence-corrected chi connectivity index (χ0v) is 11.9. The van der Waals surface area contributed by atoms with Crippen LogP contribution in [-0.2, 0) is 0 Å². The van der Waals surface area contributed by atoms with Gasteiger partial charge in [-0.1, -0.05) is 6.92 Å². The molecule has 1 heterocycles. The van der Waals surface area contributed by atoms with Gasteiger partial charge in [-0.15, -0.1) is 11.3 Å². The molecule has 5 heteroatoms. The van der Waals surface area contributed by atoms with E-state index in [1.165, 1.54) is 9.88 Å². The summed E-state index contributed by atoms with van der Waals surface area (Å²) < 4.78 is 0. The van der Waals surface area contributed by atoms with Gasteiger partial charge >= 0.3 is 0 Å². The number of aryl methyl sites for hydroxylation is 1. The number of nitrogens with zero attached hydrogens (tertiary/aromatic N) is 2. The Bertz CT molecular complexity index is 351. The lowest BCUT2D eigenvalue weighted by Crippen LogP contribution is -2.37. The van der Waals surface area contributed by atoms with Gasteiger partial charge in [-0.2, -0.15) is 0 Å². The number of aromatic nitrogens is 1. The summed E-state index contributed by atoms with van der Waals surface area (Å²) in [6.45, 7) is 10.9. The van der Waals surface area contributed by atoms with E-state index in [-0.39, 0.29) is 0 Å². The largest absolute Gasteiger partial charge is 0.357 e. The van der Waals surface area contributed by atoms with E-state index in [1.54, 1.807) is 11.3 Å². The summed E-state index contributed by atoms with van der Waals surface area (Å²) in [7, 11) is 0. The molecule has 0 bridgehead atoms. The fourth-order valence-corrected chi connectivity index (χ4v) is 2.23. The highest BCUT2D eigenvalue weighted by Gasteiger charge is 2.09. The molecule has 17 heavy (non-hydrogen) atoms. The second kappa shape index (κ2) is 7.27. The van der Waals surface area contributed by atoms with E-state index in [2.05, 4.69) is 48.3 Å². The molecule has 0 aliphatic rings. The fraction of sp³-hybridized carbons (Fsp3) is 0.667. The maximum absolute atomic E-state index is 4.55. The van der Waals surface area contributed by atoms with Crippen molar-refractivity contribution in [3.63, 3.8) is 0 Å². The van der Waals surface area contributed by atoms with Crippen molar-refractivity contribution in [1.82, 2.24) is 15.6 Å². The monoisotopic (exact) mass is 254 g/mol. The van der Waals surface area contributed by atoms with Crippen molar-refractivity contribution in [3.05, 3.63) is 16.1 Å². The Morgan fingerprint density at radius 2 is 2.06 bits per heavy atom. The van der Waals surface area contributed by atoms with Crippen molar-refractivity contribution in [1.29, 1.82) is 0 Å². The van der Waals surface area contributed by atoms with Gasteiger partial charge in [-0.05, 0) is 20.8 Å². The van der Waals surface area contributed by atoms with Crippen LogP contribution in [0.15, 0.2) is 11.2 Å². The normalized spacial score (nSPS) is 12.0. The van der Waals surface area contributed by atoms with E-state index >= 15 is 0 Å². The van der Waals surface area contributed by atoms with E-state index in [9.17, 15) is 0 Å². The average Bonchev–Trinajstić information content (AvgIpc) is 2.73. The van der Waals surface area contributed by atoms with Crippen molar-refractivity contribution in [2.75, 3.05) is 19.6 Å². The van der Waals surface area contributed by atoms with Crippen molar-refractivity contribution < 1.29 is 0 Å². The minimum absolute atomic E-state index is 0.376. The highest BCUT2D eigenvalue weighted by molar-refractivity contribution is 7.11. The van der Waals surface area contributed by atoms with Gasteiger partial charge in [-0.25, -0.2) is 4.98 Å². The Balaban J connectivity index is 2.54. The minimum atomic E-state index is 0.376. The standard InChI is InChI=1S/C12H22N4S/c1-5-13-12(14-6-2)16-7-9(3)11-15-8-10(4)17-11/h8-9H,5-7H2,1-4H3,(H2,13,14,16). The van der Waals surface area contributed by atoms with Crippen LogP contribution in [0.5, 0.6) is 0 Å². The molecule has 1 rings (SSSR count). The first-order valence-corrected chi connectivity index (χ1v) is 6.93. The fourth-order valence-electron chi connectivity index (χ4n) is 1.42. The second-order valence-electron chi connectivity index (χ2n) is 3.96. The van der Waals surface area contributed by atoms with Gasteiger partial charge in [0.15, 0.2) is 5.96 Å². The molecule has 1 unspecified atom stereocenters. The summed E-state index contributed by atoms with van der Waals surface area (Å²) in [4.78, 5) is 10.2. The SMILES string of the molecule is CCNC(=NCC(C)c1ncc(C)s1)NCC. The predicted molar refractivity (Wildman–Crippen MR) is 74.9 cm³/mol. The van der Waals surface area contributed by atoms with Crippen LogP contribution in [0.1, 0.15) is 36.6 Å². The number of thiazole rings is 1. The summed E-state index contributed by atoms with van der Waals surface area (Å²) in [5.41, 5.74) is 0. The highest BCUT2D eigenvalue weighted by Crippen LogP contribution is 2.20. The van der Waals surface area contributed by atoms with E-state index < -0.39 is 0 Å². The molecule has 96 valence electrons. The van der Waals surface area contributed by atoms with Gasteiger partial charge < -0.3 is 10.6 Å². The van der Waals surface area contributed by atoms with Crippen LogP contribution < -0.4 is 10.6 Å². The topological polar surface area (TPSA) is 49.3 Å². The number of hydrogen-bond acceptors (Lipinski definition) is 3. The average molecular weight is 254 g/mol. The molecule has 0 amide bonds. The van der Waals surface area contributed by atoms with Gasteiger partial charge in [0.1, 0.15) is 0 Å². The van der Waals surface area contributed by atoms with Crippen molar-refractivity contribution in [2.45, 2.75) is 33.6 Å². The smallest absolute Gasteiger partial charge is 0.191 e. The molecular weight excluding hydrogens is 232 g/mol. The number of aliphatic imine (C=N–C) groups is 1. The Kier molecular flexibility index (Phi) is 5.97. The van der Waals surface area contributed by atoms with Gasteiger partial charge in [0.2, 0.25) is 0 Å². The molecule has 0 spiro atoms. The lowest BCUT2D eigenvalue weighted by molar-refractivity contribution is 0.747. The molecule has 0 saturated carbocycles. The minimum Gasteiger partial charge on any atom is -0.357 e. The lowest BCUT2D eigenvalue weighted by atomic mass is 10.2. The molecule has 0 aliphatic heterocycles. The number of rotatable bonds is 5. The quantitative estimate of drug-likeness (QED) is 0.625. The Morgan fingerprint density at radius 1 is 1.41 bits per heavy atom. The zero-order chi connectivity index (χ0) is 12.7. The summed E-state index contributed by atoms with van der Waals surface area (Å²) in [5.74, 6) is 1.26. The molecule has 0 saturated heterocycles. The summed E-state index contributed by atoms with van der Waals surface area (Å²) in [5, 5.41) is 7.60. The molecule has 4 nitrogen and oxygen atoms in total. The van der Waals surface area contributed by atoms with Crippen LogP contribution in [0, 0.1) is 6.92 Å². The molecule has 0 fully saturated rings. The maximum Gasteiger partial charge on any atom is 0.191 e. The number of hydrogen-bond donors (Lipinski definition) is 2. The summed E-state index contributed by atoms with van der Waals surface area (Å²) >= 11 is 1.75. The van der Waals surface area contributed by atoms with E-state index in [0.29, 0.717) is 5.92 Å². The third kappa shape index (κ3) is 4.73.